The zero-order chi connectivity index (χ0) is 20.6. The Labute approximate surface area is 158 Å². The highest BCUT2D eigenvalue weighted by Crippen LogP contribution is 2.44. The Morgan fingerprint density at radius 3 is 2.48 bits per heavy atom. The fourth-order valence-corrected chi connectivity index (χ4v) is 3.58. The molecule has 0 radical (unpaired) electrons. The summed E-state index contributed by atoms with van der Waals surface area (Å²) in [7, 11) is 0. The van der Waals surface area contributed by atoms with Crippen LogP contribution >= 0.6 is 0 Å². The number of aliphatic hydroxyl groups excluding tert-OH is 4. The first kappa shape index (κ1) is 22.2. The molecule has 1 fully saturated rings. The van der Waals surface area contributed by atoms with Gasteiger partial charge < -0.3 is 35.0 Å². The summed E-state index contributed by atoms with van der Waals surface area (Å²) >= 11 is 0. The van der Waals surface area contributed by atoms with Crippen LogP contribution in [0.5, 0.6) is 0 Å². The van der Waals surface area contributed by atoms with E-state index in [4.69, 9.17) is 9.47 Å². The van der Waals surface area contributed by atoms with Gasteiger partial charge in [0.2, 0.25) is 0 Å². The maximum absolute atomic E-state index is 11.8. The van der Waals surface area contributed by atoms with Gasteiger partial charge in [-0.25, -0.2) is 0 Å². The van der Waals surface area contributed by atoms with E-state index in [0.717, 1.165) is 0 Å². The minimum absolute atomic E-state index is 0.0406. The molecule has 7 atom stereocenters. The number of rotatable bonds is 5. The van der Waals surface area contributed by atoms with Gasteiger partial charge in [-0.15, -0.1) is 0 Å². The monoisotopic (exact) mass is 386 g/mol. The van der Waals surface area contributed by atoms with E-state index >= 15 is 0 Å². The minimum Gasteiger partial charge on any atom is -0.394 e. The molecule has 2 aliphatic rings. The number of carbonyl (C=O) groups is 1. The molecule has 0 spiro atoms. The zero-order valence-corrected chi connectivity index (χ0v) is 16.1. The van der Waals surface area contributed by atoms with Crippen molar-refractivity contribution in [3.05, 3.63) is 23.8 Å². The lowest BCUT2D eigenvalue weighted by molar-refractivity contribution is -0.306. The van der Waals surface area contributed by atoms with Gasteiger partial charge >= 0.3 is 0 Å². The van der Waals surface area contributed by atoms with Crippen molar-refractivity contribution >= 4 is 5.78 Å². The van der Waals surface area contributed by atoms with Crippen molar-refractivity contribution in [1.29, 1.82) is 0 Å². The second-order valence-electron chi connectivity index (χ2n) is 8.02. The molecular weight excluding hydrogens is 356 g/mol. The van der Waals surface area contributed by atoms with Crippen molar-refractivity contribution < 1.29 is 39.8 Å². The molecule has 8 nitrogen and oxygen atoms in total. The third-order valence-electron chi connectivity index (χ3n) is 5.43. The number of aliphatic hydroxyl groups is 5. The van der Waals surface area contributed by atoms with E-state index in [1.54, 1.807) is 39.8 Å². The number of hydrogen-bond acceptors (Lipinski definition) is 8. The van der Waals surface area contributed by atoms with E-state index in [2.05, 4.69) is 0 Å². The van der Waals surface area contributed by atoms with Crippen molar-refractivity contribution in [2.75, 3.05) is 6.61 Å². The molecule has 154 valence electrons. The van der Waals surface area contributed by atoms with Gasteiger partial charge in [-0.1, -0.05) is 19.9 Å². The maximum Gasteiger partial charge on any atom is 0.187 e. The summed E-state index contributed by atoms with van der Waals surface area (Å²) in [6.45, 7) is 6.40. The summed E-state index contributed by atoms with van der Waals surface area (Å²) in [4.78, 5) is 11.8. The quantitative estimate of drug-likeness (QED) is 0.396. The van der Waals surface area contributed by atoms with Gasteiger partial charge in [0.15, 0.2) is 12.1 Å². The molecule has 27 heavy (non-hydrogen) atoms. The van der Waals surface area contributed by atoms with Crippen LogP contribution in [-0.4, -0.2) is 80.3 Å². The first-order valence-corrected chi connectivity index (χ1v) is 9.02. The summed E-state index contributed by atoms with van der Waals surface area (Å²) in [5, 5.41) is 50.0. The van der Waals surface area contributed by atoms with Gasteiger partial charge in [-0.3, -0.25) is 4.79 Å². The molecule has 1 aliphatic carbocycles. The maximum atomic E-state index is 11.8. The number of ether oxygens (including phenoxy) is 2. The third-order valence-corrected chi connectivity index (χ3v) is 5.43. The Morgan fingerprint density at radius 1 is 1.30 bits per heavy atom. The Hall–Kier alpha value is -1.13. The Kier molecular flexibility index (Phi) is 6.63. The highest BCUT2D eigenvalue weighted by atomic mass is 16.7. The average Bonchev–Trinajstić information content (AvgIpc) is 2.58. The van der Waals surface area contributed by atoms with Crippen molar-refractivity contribution in [1.82, 2.24) is 0 Å². The van der Waals surface area contributed by atoms with Crippen LogP contribution in [0, 0.1) is 5.41 Å². The van der Waals surface area contributed by atoms with E-state index in [1.807, 2.05) is 0 Å². The number of allylic oxidation sites excluding steroid dienone is 1. The lowest BCUT2D eigenvalue weighted by atomic mass is 9.64. The largest absolute Gasteiger partial charge is 0.394 e. The number of carbonyl (C=O) groups excluding carboxylic acids is 1. The van der Waals surface area contributed by atoms with Crippen LogP contribution in [-0.2, 0) is 14.3 Å². The first-order chi connectivity index (χ1) is 12.4. The van der Waals surface area contributed by atoms with E-state index in [-0.39, 0.29) is 12.2 Å². The fourth-order valence-electron chi connectivity index (χ4n) is 3.58. The van der Waals surface area contributed by atoms with Crippen LogP contribution in [0.15, 0.2) is 23.8 Å². The second kappa shape index (κ2) is 8.08. The second-order valence-corrected chi connectivity index (χ2v) is 8.02. The SMILES string of the molecule is CC1=CC(=O)CC(C)(C)[C@@]1(O)C=CC(C)O[C@@H]1O[C@H](CO)[C@@H](O)[C@H](O)[C@H]1O. The molecule has 0 aromatic carbocycles. The normalized spacial score (nSPS) is 40.9. The summed E-state index contributed by atoms with van der Waals surface area (Å²) in [5.74, 6) is -0.0406. The van der Waals surface area contributed by atoms with Crippen molar-refractivity contribution in [3.8, 4) is 0 Å². The van der Waals surface area contributed by atoms with Crippen LogP contribution in [0.25, 0.3) is 0 Å². The molecule has 1 heterocycles. The lowest BCUT2D eigenvalue weighted by Crippen LogP contribution is -2.59. The predicted molar refractivity (Wildman–Crippen MR) is 95.6 cm³/mol. The fraction of sp³-hybridized carbons (Fsp3) is 0.737. The number of hydrogen-bond donors (Lipinski definition) is 5. The van der Waals surface area contributed by atoms with Crippen LogP contribution in [0.1, 0.15) is 34.1 Å². The molecule has 1 saturated heterocycles. The van der Waals surface area contributed by atoms with E-state index in [9.17, 15) is 30.3 Å². The zero-order valence-electron chi connectivity index (χ0n) is 16.1. The first-order valence-electron chi connectivity index (χ1n) is 9.02. The van der Waals surface area contributed by atoms with Gasteiger partial charge in [0, 0.05) is 11.8 Å². The average molecular weight is 386 g/mol. The van der Waals surface area contributed by atoms with Crippen molar-refractivity contribution in [2.45, 2.75) is 76.5 Å². The molecule has 0 amide bonds. The lowest BCUT2D eigenvalue weighted by Gasteiger charge is -2.44. The highest BCUT2D eigenvalue weighted by Gasteiger charge is 2.47. The smallest absolute Gasteiger partial charge is 0.187 e. The van der Waals surface area contributed by atoms with Gasteiger partial charge in [-0.05, 0) is 31.6 Å². The molecule has 1 aliphatic heterocycles. The van der Waals surface area contributed by atoms with Crippen molar-refractivity contribution in [2.24, 2.45) is 5.41 Å². The molecule has 1 unspecified atom stereocenters. The van der Waals surface area contributed by atoms with Gasteiger partial charge in [0.25, 0.3) is 0 Å². The van der Waals surface area contributed by atoms with Crippen molar-refractivity contribution in [3.63, 3.8) is 0 Å². The molecule has 0 saturated carbocycles. The topological polar surface area (TPSA) is 137 Å². The Morgan fingerprint density at radius 2 is 1.93 bits per heavy atom. The molecule has 0 bridgehead atoms. The van der Waals surface area contributed by atoms with E-state index in [1.165, 1.54) is 6.08 Å². The summed E-state index contributed by atoms with van der Waals surface area (Å²) in [6, 6.07) is 0. The van der Waals surface area contributed by atoms with E-state index < -0.39 is 54.4 Å². The summed E-state index contributed by atoms with van der Waals surface area (Å²) in [5.41, 5.74) is -1.52. The molecule has 5 N–H and O–H groups in total. The van der Waals surface area contributed by atoms with Gasteiger partial charge in [-0.2, -0.15) is 0 Å². The Balaban J connectivity index is 2.11. The molecule has 0 aromatic heterocycles. The molecular formula is C19H30O8. The molecule has 0 aromatic rings. The van der Waals surface area contributed by atoms with Crippen LogP contribution in [0.3, 0.4) is 0 Å². The van der Waals surface area contributed by atoms with Crippen LogP contribution in [0.4, 0.5) is 0 Å². The summed E-state index contributed by atoms with van der Waals surface area (Å²) in [6.07, 6.45) is -2.64. The van der Waals surface area contributed by atoms with Crippen LogP contribution in [0.2, 0.25) is 0 Å². The third kappa shape index (κ3) is 4.32. The van der Waals surface area contributed by atoms with Crippen LogP contribution < -0.4 is 0 Å². The van der Waals surface area contributed by atoms with Gasteiger partial charge in [0.1, 0.15) is 30.0 Å². The van der Waals surface area contributed by atoms with Gasteiger partial charge in [0.05, 0.1) is 12.7 Å². The minimum atomic E-state index is -1.52. The number of ketones is 1. The highest BCUT2D eigenvalue weighted by molar-refractivity contribution is 5.92. The summed E-state index contributed by atoms with van der Waals surface area (Å²) < 4.78 is 10.9. The molecule has 8 heteroatoms. The standard InChI is InChI=1S/C19H30O8/c1-10-7-12(21)8-18(3,4)19(10,25)6-5-11(2)26-17-16(24)15(23)14(22)13(9-20)27-17/h5-7,11,13-17,20,22-25H,8-9H2,1-4H3/t11?,13-,14-,15+,16-,17-,19-/m1/s1. The molecule has 2 rings (SSSR count). The Bertz CT molecular complexity index is 611. The van der Waals surface area contributed by atoms with E-state index in [0.29, 0.717) is 5.57 Å². The predicted octanol–water partition coefficient (Wildman–Crippen LogP) is -0.576.